The van der Waals surface area contributed by atoms with Crippen molar-refractivity contribution in [2.24, 2.45) is 0 Å². The Bertz CT molecular complexity index is 1610. The van der Waals surface area contributed by atoms with Gasteiger partial charge in [0.2, 0.25) is 0 Å². The van der Waals surface area contributed by atoms with Gasteiger partial charge in [0.1, 0.15) is 13.2 Å². The van der Waals surface area contributed by atoms with Crippen LogP contribution in [0.1, 0.15) is 233 Å². The molecule has 6 heteroatoms. The van der Waals surface area contributed by atoms with Gasteiger partial charge < -0.3 is 14.2 Å². The number of allylic oxidation sites excluding steroid dienone is 24. The van der Waals surface area contributed by atoms with Crippen LogP contribution in [0.2, 0.25) is 0 Å². The number of esters is 3. The Morgan fingerprint density at radius 2 is 0.556 bits per heavy atom. The van der Waals surface area contributed by atoms with Crippen molar-refractivity contribution in [2.75, 3.05) is 13.2 Å². The third kappa shape index (κ3) is 56.2. The first-order chi connectivity index (χ1) is 35.5. The van der Waals surface area contributed by atoms with Gasteiger partial charge in [-0.05, 0) is 135 Å². The number of hydrogen-bond acceptors (Lipinski definition) is 6. The molecule has 0 saturated carbocycles. The van der Waals surface area contributed by atoms with E-state index in [1.165, 1.54) is 57.8 Å². The van der Waals surface area contributed by atoms with Crippen molar-refractivity contribution in [2.45, 2.75) is 239 Å². The normalized spacial score (nSPS) is 13.2. The van der Waals surface area contributed by atoms with Crippen molar-refractivity contribution < 1.29 is 28.6 Å². The fraction of sp³-hybridized carbons (Fsp3) is 0.591. The summed E-state index contributed by atoms with van der Waals surface area (Å²) in [6.45, 7) is 6.30. The van der Waals surface area contributed by atoms with Gasteiger partial charge in [-0.25, -0.2) is 0 Å². The van der Waals surface area contributed by atoms with Crippen LogP contribution in [0.25, 0.3) is 0 Å². The summed E-state index contributed by atoms with van der Waals surface area (Å²) >= 11 is 0. The summed E-state index contributed by atoms with van der Waals surface area (Å²) in [5.41, 5.74) is 0. The first-order valence-electron chi connectivity index (χ1n) is 28.8. The van der Waals surface area contributed by atoms with Gasteiger partial charge in [0.15, 0.2) is 6.10 Å². The minimum Gasteiger partial charge on any atom is -0.462 e. The molecule has 0 spiro atoms. The molecule has 0 saturated heterocycles. The van der Waals surface area contributed by atoms with Crippen LogP contribution in [0, 0.1) is 0 Å². The number of unbranched alkanes of at least 4 members (excludes halogenated alkanes) is 15. The molecule has 0 fully saturated rings. The summed E-state index contributed by atoms with van der Waals surface area (Å²) in [4.78, 5) is 38.2. The third-order valence-electron chi connectivity index (χ3n) is 11.6. The van der Waals surface area contributed by atoms with Crippen LogP contribution in [-0.4, -0.2) is 37.2 Å². The highest BCUT2D eigenvalue weighted by atomic mass is 16.6. The SMILES string of the molecule is CC/C=C\C/C=C\C/C=C\C/C=C\C/C=C\CCCCCC(=O)OCC(COC(=O)CCC/C=C\C/C=C\C/C=C\C/C=C\C/C=C\CC)OC(=O)CCCCCCCCC/C=C\C/C=C\CCCCCC. The third-order valence-corrected chi connectivity index (χ3v) is 11.6. The lowest BCUT2D eigenvalue weighted by atomic mass is 10.1. The van der Waals surface area contributed by atoms with E-state index in [1.54, 1.807) is 0 Å². The van der Waals surface area contributed by atoms with Gasteiger partial charge in [0.25, 0.3) is 0 Å². The zero-order valence-corrected chi connectivity index (χ0v) is 46.1. The van der Waals surface area contributed by atoms with Crippen molar-refractivity contribution in [3.05, 3.63) is 146 Å². The Morgan fingerprint density at radius 3 is 0.917 bits per heavy atom. The van der Waals surface area contributed by atoms with E-state index in [9.17, 15) is 14.4 Å². The molecule has 1 unspecified atom stereocenters. The van der Waals surface area contributed by atoms with Gasteiger partial charge in [-0.1, -0.05) is 224 Å². The Morgan fingerprint density at radius 1 is 0.292 bits per heavy atom. The van der Waals surface area contributed by atoms with E-state index in [1.807, 2.05) is 0 Å². The number of carbonyl (C=O) groups excluding carboxylic acids is 3. The van der Waals surface area contributed by atoms with Crippen LogP contribution in [0.3, 0.4) is 0 Å². The second kappa shape index (κ2) is 58.9. The number of ether oxygens (including phenoxy) is 3. The molecule has 0 aliphatic carbocycles. The lowest BCUT2D eigenvalue weighted by Crippen LogP contribution is -2.30. The lowest BCUT2D eigenvalue weighted by Gasteiger charge is -2.18. The van der Waals surface area contributed by atoms with E-state index in [0.29, 0.717) is 19.3 Å². The van der Waals surface area contributed by atoms with Crippen LogP contribution in [-0.2, 0) is 28.6 Å². The average molecular weight is 994 g/mol. The van der Waals surface area contributed by atoms with Crippen LogP contribution < -0.4 is 0 Å². The molecule has 0 amide bonds. The zero-order chi connectivity index (χ0) is 52.2. The average Bonchev–Trinajstić information content (AvgIpc) is 3.38. The summed E-state index contributed by atoms with van der Waals surface area (Å²) < 4.78 is 16.8. The maximum Gasteiger partial charge on any atom is 0.306 e. The molecule has 0 radical (unpaired) electrons. The molecular weight excluding hydrogens is 889 g/mol. The summed E-state index contributed by atoms with van der Waals surface area (Å²) in [6, 6.07) is 0. The van der Waals surface area contributed by atoms with Gasteiger partial charge in [-0.3, -0.25) is 14.4 Å². The predicted octanol–water partition coefficient (Wildman–Crippen LogP) is 19.6. The largest absolute Gasteiger partial charge is 0.462 e. The smallest absolute Gasteiger partial charge is 0.306 e. The maximum absolute atomic E-state index is 12.9. The molecule has 0 aliphatic heterocycles. The Balaban J connectivity index is 4.58. The van der Waals surface area contributed by atoms with Crippen LogP contribution >= 0.6 is 0 Å². The van der Waals surface area contributed by atoms with Crippen molar-refractivity contribution in [1.29, 1.82) is 0 Å². The molecule has 0 N–H and O–H groups in total. The van der Waals surface area contributed by atoms with Gasteiger partial charge in [-0.15, -0.1) is 0 Å². The van der Waals surface area contributed by atoms with E-state index in [-0.39, 0.29) is 37.5 Å². The number of carbonyl (C=O) groups is 3. The fourth-order valence-electron chi connectivity index (χ4n) is 7.30. The molecule has 0 aromatic heterocycles. The van der Waals surface area contributed by atoms with Crippen molar-refractivity contribution >= 4 is 17.9 Å². The molecule has 0 bridgehead atoms. The Hall–Kier alpha value is -4.71. The van der Waals surface area contributed by atoms with Crippen LogP contribution in [0.4, 0.5) is 0 Å². The Kier molecular flexibility index (Phi) is 55.0. The first kappa shape index (κ1) is 67.3. The Labute approximate surface area is 442 Å². The molecule has 6 nitrogen and oxygen atoms in total. The summed E-state index contributed by atoms with van der Waals surface area (Å²) in [6.07, 6.45) is 84.1. The molecule has 404 valence electrons. The fourth-order valence-corrected chi connectivity index (χ4v) is 7.30. The minimum absolute atomic E-state index is 0.122. The van der Waals surface area contributed by atoms with Gasteiger partial charge in [-0.2, -0.15) is 0 Å². The van der Waals surface area contributed by atoms with Gasteiger partial charge in [0, 0.05) is 19.3 Å². The second-order valence-electron chi connectivity index (χ2n) is 18.4. The van der Waals surface area contributed by atoms with E-state index in [4.69, 9.17) is 14.2 Å². The van der Waals surface area contributed by atoms with Crippen LogP contribution in [0.15, 0.2) is 146 Å². The predicted molar refractivity (Wildman–Crippen MR) is 311 cm³/mol. The number of hydrogen-bond donors (Lipinski definition) is 0. The van der Waals surface area contributed by atoms with E-state index >= 15 is 0 Å². The highest BCUT2D eigenvalue weighted by molar-refractivity contribution is 5.71. The lowest BCUT2D eigenvalue weighted by molar-refractivity contribution is -0.167. The monoisotopic (exact) mass is 993 g/mol. The van der Waals surface area contributed by atoms with Crippen molar-refractivity contribution in [3.8, 4) is 0 Å². The second-order valence-corrected chi connectivity index (χ2v) is 18.4. The van der Waals surface area contributed by atoms with Gasteiger partial charge >= 0.3 is 17.9 Å². The highest BCUT2D eigenvalue weighted by Gasteiger charge is 2.19. The first-order valence-corrected chi connectivity index (χ1v) is 28.8. The summed E-state index contributed by atoms with van der Waals surface area (Å²) in [5.74, 6) is -1.02. The standard InChI is InChI=1S/C66H104O6/c1-4-7-10-13-16-19-22-25-28-31-33-36-38-41-44-47-50-53-56-59-65(68)71-62-63(61-70-64(67)58-55-52-49-46-43-40-37-34-30-27-24-21-18-15-12-9-6-3)72-66(69)60-57-54-51-48-45-42-39-35-32-29-26-23-20-17-14-11-8-5-2/h7,9-10,12,16,18-21,23,25,27-30,32-33,36-37,40-41,44,46,49,63H,4-6,8,11,13-15,17,22,24,26,31,34-35,38-39,42-43,45,47-48,50-62H2,1-3H3/b10-7-,12-9-,19-16-,21-18-,23-20-,28-25-,30-27-,32-29-,36-33-,40-37-,44-41-,49-46-. The van der Waals surface area contributed by atoms with Crippen molar-refractivity contribution in [3.63, 3.8) is 0 Å². The topological polar surface area (TPSA) is 78.9 Å². The molecular formula is C66H104O6. The quantitative estimate of drug-likeness (QED) is 0.0261. The minimum atomic E-state index is -0.827. The maximum atomic E-state index is 12.9. The molecule has 0 aromatic rings. The molecule has 0 aromatic carbocycles. The zero-order valence-electron chi connectivity index (χ0n) is 46.1. The van der Waals surface area contributed by atoms with Crippen molar-refractivity contribution in [1.82, 2.24) is 0 Å². The summed E-state index contributed by atoms with van der Waals surface area (Å²) in [5, 5.41) is 0. The molecule has 0 rings (SSSR count). The van der Waals surface area contributed by atoms with E-state index in [2.05, 4.69) is 167 Å². The van der Waals surface area contributed by atoms with E-state index < -0.39 is 6.10 Å². The number of rotatable bonds is 50. The molecule has 0 aliphatic rings. The molecule has 0 heterocycles. The summed E-state index contributed by atoms with van der Waals surface area (Å²) in [7, 11) is 0. The molecule has 72 heavy (non-hydrogen) atoms. The van der Waals surface area contributed by atoms with E-state index in [0.717, 1.165) is 128 Å². The van der Waals surface area contributed by atoms with Gasteiger partial charge in [0.05, 0.1) is 0 Å². The highest BCUT2D eigenvalue weighted by Crippen LogP contribution is 2.13. The molecule has 1 atom stereocenters. The van der Waals surface area contributed by atoms with Crippen LogP contribution in [0.5, 0.6) is 0 Å².